The van der Waals surface area contributed by atoms with Gasteiger partial charge in [0.05, 0.1) is 28.3 Å². The summed E-state index contributed by atoms with van der Waals surface area (Å²) in [5, 5.41) is 8.36. The van der Waals surface area contributed by atoms with Crippen LogP contribution in [0.2, 0.25) is 0 Å². The summed E-state index contributed by atoms with van der Waals surface area (Å²) in [7, 11) is 0. The molecular formula is C12H16N4OS. The Labute approximate surface area is 110 Å². The maximum Gasteiger partial charge on any atom is 0.171 e. The number of thiophene rings is 1. The average molecular weight is 264 g/mol. The Morgan fingerprint density at radius 2 is 2.39 bits per heavy atom. The van der Waals surface area contributed by atoms with Gasteiger partial charge in [-0.25, -0.2) is 0 Å². The first-order chi connectivity index (χ1) is 8.56. The lowest BCUT2D eigenvalue weighted by Gasteiger charge is -2.03. The fourth-order valence-corrected chi connectivity index (χ4v) is 2.55. The number of anilines is 2. The molecule has 5 nitrogen and oxygen atoms in total. The van der Waals surface area contributed by atoms with Gasteiger partial charge in [-0.05, 0) is 18.6 Å². The van der Waals surface area contributed by atoms with Crippen molar-refractivity contribution in [1.82, 2.24) is 9.78 Å². The molecule has 2 aromatic rings. The molecule has 0 unspecified atom stereocenters. The van der Waals surface area contributed by atoms with Crippen LogP contribution in [-0.4, -0.2) is 22.1 Å². The van der Waals surface area contributed by atoms with Gasteiger partial charge in [-0.1, -0.05) is 0 Å². The molecule has 0 saturated heterocycles. The molecule has 0 aliphatic heterocycles. The molecule has 6 heteroatoms. The SMILES string of the molecule is CC(=O)c1sc(NCCn2cc(C)cn2)cc1N. The molecule has 0 aliphatic carbocycles. The first-order valence-electron chi connectivity index (χ1n) is 5.69. The van der Waals surface area contributed by atoms with Gasteiger partial charge in [0.15, 0.2) is 5.78 Å². The normalized spacial score (nSPS) is 10.6. The monoisotopic (exact) mass is 264 g/mol. The molecule has 2 rings (SSSR count). The number of nitrogens with one attached hydrogen (secondary N) is 1. The first kappa shape index (κ1) is 12.6. The van der Waals surface area contributed by atoms with E-state index in [1.165, 1.54) is 18.3 Å². The van der Waals surface area contributed by atoms with Gasteiger partial charge in [-0.2, -0.15) is 5.10 Å². The number of aryl methyl sites for hydroxylation is 1. The molecule has 0 amide bonds. The van der Waals surface area contributed by atoms with Gasteiger partial charge in [-0.3, -0.25) is 9.48 Å². The van der Waals surface area contributed by atoms with E-state index in [-0.39, 0.29) is 5.78 Å². The maximum atomic E-state index is 11.3. The van der Waals surface area contributed by atoms with E-state index >= 15 is 0 Å². The van der Waals surface area contributed by atoms with Gasteiger partial charge in [0, 0.05) is 19.7 Å². The van der Waals surface area contributed by atoms with Crippen LogP contribution in [0.4, 0.5) is 10.7 Å². The molecule has 0 atom stereocenters. The predicted molar refractivity (Wildman–Crippen MR) is 74.2 cm³/mol. The van der Waals surface area contributed by atoms with Crippen molar-refractivity contribution < 1.29 is 4.79 Å². The summed E-state index contributed by atoms with van der Waals surface area (Å²) < 4.78 is 1.88. The summed E-state index contributed by atoms with van der Waals surface area (Å²) in [6, 6.07) is 1.80. The molecule has 18 heavy (non-hydrogen) atoms. The van der Waals surface area contributed by atoms with E-state index in [1.54, 1.807) is 6.07 Å². The van der Waals surface area contributed by atoms with Crippen LogP contribution in [0.3, 0.4) is 0 Å². The van der Waals surface area contributed by atoms with E-state index in [1.807, 2.05) is 24.0 Å². The second-order valence-electron chi connectivity index (χ2n) is 4.16. The first-order valence-corrected chi connectivity index (χ1v) is 6.51. The summed E-state index contributed by atoms with van der Waals surface area (Å²) in [6.45, 7) is 5.06. The summed E-state index contributed by atoms with van der Waals surface area (Å²) in [5.41, 5.74) is 7.45. The topological polar surface area (TPSA) is 72.9 Å². The second-order valence-corrected chi connectivity index (χ2v) is 5.21. The van der Waals surface area contributed by atoms with Crippen LogP contribution >= 0.6 is 11.3 Å². The van der Waals surface area contributed by atoms with Crippen molar-refractivity contribution >= 4 is 27.8 Å². The van der Waals surface area contributed by atoms with E-state index in [9.17, 15) is 4.79 Å². The quantitative estimate of drug-likeness (QED) is 0.812. The maximum absolute atomic E-state index is 11.3. The van der Waals surface area contributed by atoms with Gasteiger partial charge in [-0.15, -0.1) is 11.3 Å². The number of ketones is 1. The number of hydrogen-bond donors (Lipinski definition) is 2. The Hall–Kier alpha value is -1.82. The van der Waals surface area contributed by atoms with Gasteiger partial charge in [0.1, 0.15) is 0 Å². The fraction of sp³-hybridized carbons (Fsp3) is 0.333. The van der Waals surface area contributed by atoms with Gasteiger partial charge < -0.3 is 11.1 Å². The molecule has 0 bridgehead atoms. The third-order valence-corrected chi connectivity index (χ3v) is 3.69. The van der Waals surface area contributed by atoms with Gasteiger partial charge in [0.25, 0.3) is 0 Å². The Morgan fingerprint density at radius 3 is 2.94 bits per heavy atom. The fourth-order valence-electron chi connectivity index (χ4n) is 1.65. The Balaban J connectivity index is 1.90. The molecule has 0 aromatic carbocycles. The standard InChI is InChI=1S/C12H16N4OS/c1-8-6-15-16(7-8)4-3-14-11-5-10(13)12(18-11)9(2)17/h5-7,14H,3-4,13H2,1-2H3. The van der Waals surface area contributed by atoms with Crippen molar-refractivity contribution in [3.63, 3.8) is 0 Å². The summed E-state index contributed by atoms with van der Waals surface area (Å²) in [5.74, 6) is 0.00764. The zero-order valence-corrected chi connectivity index (χ0v) is 11.3. The highest BCUT2D eigenvalue weighted by molar-refractivity contribution is 7.18. The molecule has 0 radical (unpaired) electrons. The Kier molecular flexibility index (Phi) is 3.66. The number of nitrogens with zero attached hydrogens (tertiary/aromatic N) is 2. The minimum atomic E-state index is 0.00764. The van der Waals surface area contributed by atoms with Crippen LogP contribution in [-0.2, 0) is 6.54 Å². The van der Waals surface area contributed by atoms with Gasteiger partial charge >= 0.3 is 0 Å². The number of nitrogens with two attached hydrogens (primary N) is 1. The van der Waals surface area contributed by atoms with Crippen LogP contribution in [0.1, 0.15) is 22.2 Å². The minimum absolute atomic E-state index is 0.00764. The van der Waals surface area contributed by atoms with Crippen molar-refractivity contribution in [3.05, 3.63) is 28.9 Å². The van der Waals surface area contributed by atoms with Crippen LogP contribution in [0.5, 0.6) is 0 Å². The van der Waals surface area contributed by atoms with Crippen LogP contribution < -0.4 is 11.1 Å². The molecule has 0 fully saturated rings. The molecule has 2 heterocycles. The highest BCUT2D eigenvalue weighted by Gasteiger charge is 2.09. The van der Waals surface area contributed by atoms with E-state index in [0.717, 1.165) is 23.7 Å². The molecule has 3 N–H and O–H groups in total. The molecule has 0 aliphatic rings. The van der Waals surface area contributed by atoms with Crippen molar-refractivity contribution in [2.24, 2.45) is 0 Å². The third-order valence-electron chi connectivity index (χ3n) is 2.48. The van der Waals surface area contributed by atoms with Crippen LogP contribution in [0, 0.1) is 6.92 Å². The van der Waals surface area contributed by atoms with Crippen molar-refractivity contribution in [2.45, 2.75) is 20.4 Å². The molecule has 2 aromatic heterocycles. The third kappa shape index (κ3) is 2.89. The predicted octanol–water partition coefficient (Wildman–Crippen LogP) is 2.15. The largest absolute Gasteiger partial charge is 0.397 e. The lowest BCUT2D eigenvalue weighted by Crippen LogP contribution is -2.09. The average Bonchev–Trinajstić information content (AvgIpc) is 2.85. The molecular weight excluding hydrogens is 248 g/mol. The summed E-state index contributed by atoms with van der Waals surface area (Å²) in [4.78, 5) is 11.9. The minimum Gasteiger partial charge on any atom is -0.397 e. The highest BCUT2D eigenvalue weighted by Crippen LogP contribution is 2.29. The summed E-state index contributed by atoms with van der Waals surface area (Å²) in [6.07, 6.45) is 3.82. The Bertz CT molecular complexity index is 558. The number of hydrogen-bond acceptors (Lipinski definition) is 5. The number of carbonyl (C=O) groups is 1. The van der Waals surface area contributed by atoms with Crippen molar-refractivity contribution in [2.75, 3.05) is 17.6 Å². The molecule has 0 spiro atoms. The number of nitrogen functional groups attached to an aromatic ring is 1. The Morgan fingerprint density at radius 1 is 1.61 bits per heavy atom. The smallest absolute Gasteiger partial charge is 0.171 e. The molecule has 96 valence electrons. The lowest BCUT2D eigenvalue weighted by molar-refractivity contribution is 0.102. The lowest BCUT2D eigenvalue weighted by atomic mass is 10.3. The van der Waals surface area contributed by atoms with Crippen LogP contribution in [0.25, 0.3) is 0 Å². The summed E-state index contributed by atoms with van der Waals surface area (Å²) >= 11 is 1.39. The zero-order valence-electron chi connectivity index (χ0n) is 10.4. The number of rotatable bonds is 5. The van der Waals surface area contributed by atoms with E-state index in [4.69, 9.17) is 5.73 Å². The second kappa shape index (κ2) is 5.22. The van der Waals surface area contributed by atoms with E-state index in [0.29, 0.717) is 10.6 Å². The van der Waals surface area contributed by atoms with E-state index in [2.05, 4.69) is 10.4 Å². The highest BCUT2D eigenvalue weighted by atomic mass is 32.1. The van der Waals surface area contributed by atoms with Crippen molar-refractivity contribution in [3.8, 4) is 0 Å². The van der Waals surface area contributed by atoms with E-state index < -0.39 is 0 Å². The van der Waals surface area contributed by atoms with Crippen molar-refractivity contribution in [1.29, 1.82) is 0 Å². The molecule has 0 saturated carbocycles. The van der Waals surface area contributed by atoms with Crippen LogP contribution in [0.15, 0.2) is 18.5 Å². The number of carbonyl (C=O) groups excluding carboxylic acids is 1. The number of aromatic nitrogens is 2. The number of Topliss-reactive ketones (excluding diaryl/α,β-unsaturated/α-hetero) is 1. The zero-order chi connectivity index (χ0) is 13.1. The van der Waals surface area contributed by atoms with Gasteiger partial charge in [0.2, 0.25) is 0 Å².